The molecule has 3 aromatic carbocycles. The van der Waals surface area contributed by atoms with Crippen molar-refractivity contribution in [1.82, 2.24) is 0 Å². The lowest BCUT2D eigenvalue weighted by atomic mass is 9.79. The van der Waals surface area contributed by atoms with E-state index >= 15 is 0 Å². The van der Waals surface area contributed by atoms with Crippen LogP contribution in [-0.4, -0.2) is 11.3 Å². The van der Waals surface area contributed by atoms with Gasteiger partial charge in [-0.15, -0.1) is 0 Å². The van der Waals surface area contributed by atoms with Gasteiger partial charge >= 0.3 is 0 Å². The summed E-state index contributed by atoms with van der Waals surface area (Å²) < 4.78 is 0. The van der Waals surface area contributed by atoms with Gasteiger partial charge in [0, 0.05) is 0 Å². The molecule has 3 aromatic rings. The molecule has 5 rings (SSSR count). The van der Waals surface area contributed by atoms with Crippen LogP contribution in [0.25, 0.3) is 22.3 Å². The Bertz CT molecular complexity index is 1370. The van der Waals surface area contributed by atoms with Crippen LogP contribution in [0.4, 0.5) is 0 Å². The Morgan fingerprint density at radius 3 is 0.959 bits per heavy atom. The highest BCUT2D eigenvalue weighted by atomic mass is 31.1. The number of hydrogen-bond donors (Lipinski definition) is 0. The lowest BCUT2D eigenvalue weighted by molar-refractivity contribution is 0.487. The molecule has 0 heterocycles. The lowest BCUT2D eigenvalue weighted by Gasteiger charge is -2.39. The van der Waals surface area contributed by atoms with Crippen LogP contribution in [0.1, 0.15) is 216 Å². The zero-order chi connectivity index (χ0) is 35.6. The highest BCUT2D eigenvalue weighted by molar-refractivity contribution is 7.67. The summed E-state index contributed by atoms with van der Waals surface area (Å²) in [4.78, 5) is 0. The molecule has 0 aliphatic heterocycles. The maximum absolute atomic E-state index is 2.76. The fraction of sp³-hybridized carbons (Fsp3) is 0.625. The van der Waals surface area contributed by atoms with Gasteiger partial charge in [0.15, 0.2) is 0 Å². The molecular weight excluding hydrogens is 608 g/mol. The average molecular weight is 679 g/mol. The van der Waals surface area contributed by atoms with Gasteiger partial charge in [-0.05, 0) is 152 Å². The molecular formula is C48H71P. The Hall–Kier alpha value is -1.91. The second-order valence-electron chi connectivity index (χ2n) is 17.8. The Morgan fingerprint density at radius 1 is 0.388 bits per heavy atom. The summed E-state index contributed by atoms with van der Waals surface area (Å²) in [7, 11) is -0.238. The smallest absolute Gasteiger partial charge is 0.0114 e. The van der Waals surface area contributed by atoms with Crippen molar-refractivity contribution in [2.75, 3.05) is 0 Å². The van der Waals surface area contributed by atoms with Crippen LogP contribution in [0.3, 0.4) is 0 Å². The second kappa shape index (κ2) is 16.6. The minimum Gasteiger partial charge on any atom is -0.0689 e. The van der Waals surface area contributed by atoms with E-state index in [2.05, 4.69) is 126 Å². The fourth-order valence-corrected chi connectivity index (χ4v) is 12.9. The highest BCUT2D eigenvalue weighted by Gasteiger charge is 2.34. The molecule has 268 valence electrons. The van der Waals surface area contributed by atoms with Crippen molar-refractivity contribution in [1.29, 1.82) is 0 Å². The van der Waals surface area contributed by atoms with E-state index in [-0.39, 0.29) is 7.92 Å². The Labute approximate surface area is 304 Å². The molecule has 0 spiro atoms. The first kappa shape index (κ1) is 38.3. The van der Waals surface area contributed by atoms with Gasteiger partial charge in [-0.1, -0.05) is 154 Å². The molecule has 0 amide bonds. The molecule has 0 nitrogen and oxygen atoms in total. The van der Waals surface area contributed by atoms with E-state index in [4.69, 9.17) is 0 Å². The normalized spacial score (nSPS) is 16.9. The molecule has 2 aliphatic rings. The summed E-state index contributed by atoms with van der Waals surface area (Å²) in [5, 5.41) is 1.72. The summed E-state index contributed by atoms with van der Waals surface area (Å²) in [6.45, 7) is 28.9. The van der Waals surface area contributed by atoms with Crippen LogP contribution >= 0.6 is 7.92 Å². The summed E-state index contributed by atoms with van der Waals surface area (Å²) in [6, 6.07) is 18.5. The van der Waals surface area contributed by atoms with Crippen molar-refractivity contribution in [3.63, 3.8) is 0 Å². The van der Waals surface area contributed by atoms with Crippen molar-refractivity contribution in [2.24, 2.45) is 0 Å². The van der Waals surface area contributed by atoms with E-state index in [0.717, 1.165) is 11.3 Å². The van der Waals surface area contributed by atoms with E-state index in [0.29, 0.717) is 35.5 Å². The van der Waals surface area contributed by atoms with E-state index < -0.39 is 0 Å². The van der Waals surface area contributed by atoms with E-state index in [1.165, 1.54) is 97.6 Å². The summed E-state index contributed by atoms with van der Waals surface area (Å²) in [5.74, 6) is 2.94. The molecule has 0 aromatic heterocycles. The second-order valence-corrected chi connectivity index (χ2v) is 20.6. The standard InChI is InChI=1S/C48H71P/c1-30(2)36-26-43(32(5)6)47(44(27-36)33(7)8)38-23-39(48-45(34(9)10)28-37(31(3)4)29-46(48)35(11)12)25-42(24-38)49(40-19-15-13-16-20-40)41-21-17-14-18-22-41/h23-35,40-41H,13-22H2,1-12H3. The van der Waals surface area contributed by atoms with Gasteiger partial charge in [0.2, 0.25) is 0 Å². The molecule has 0 radical (unpaired) electrons. The van der Waals surface area contributed by atoms with Gasteiger partial charge in [0.1, 0.15) is 0 Å². The SMILES string of the molecule is CC(C)c1cc(C(C)C)c(-c2cc(-c3c(C(C)C)cc(C(C)C)cc3C(C)C)cc(P(C3CCCCC3)C3CCCCC3)c2)c(C(C)C)c1. The molecule has 49 heavy (non-hydrogen) atoms. The average Bonchev–Trinajstić information content (AvgIpc) is 3.07. The Balaban J connectivity index is 1.89. The highest BCUT2D eigenvalue weighted by Crippen LogP contribution is 2.56. The quantitative estimate of drug-likeness (QED) is 0.177. The molecule has 0 atom stereocenters. The first-order valence-corrected chi connectivity index (χ1v) is 22.1. The molecule has 2 saturated carbocycles. The molecule has 2 fully saturated rings. The van der Waals surface area contributed by atoms with E-state index in [1.807, 2.05) is 0 Å². The maximum Gasteiger partial charge on any atom is -0.0114 e. The number of rotatable bonds is 11. The number of benzene rings is 3. The van der Waals surface area contributed by atoms with E-state index in [1.54, 1.807) is 27.6 Å². The van der Waals surface area contributed by atoms with Crippen LogP contribution in [0.2, 0.25) is 0 Å². The maximum atomic E-state index is 2.76. The predicted octanol–water partition coefficient (Wildman–Crippen LogP) is 15.5. The van der Waals surface area contributed by atoms with Crippen LogP contribution in [-0.2, 0) is 0 Å². The van der Waals surface area contributed by atoms with E-state index in [9.17, 15) is 0 Å². The van der Waals surface area contributed by atoms with Crippen LogP contribution in [0.15, 0.2) is 42.5 Å². The van der Waals surface area contributed by atoms with Gasteiger partial charge < -0.3 is 0 Å². The summed E-state index contributed by atoms with van der Waals surface area (Å²) in [5.41, 5.74) is 17.0. The molecule has 0 saturated heterocycles. The van der Waals surface area contributed by atoms with Gasteiger partial charge in [-0.25, -0.2) is 0 Å². The first-order valence-electron chi connectivity index (χ1n) is 20.6. The van der Waals surface area contributed by atoms with Gasteiger partial charge in [-0.2, -0.15) is 0 Å². The Morgan fingerprint density at radius 2 is 0.694 bits per heavy atom. The lowest BCUT2D eigenvalue weighted by Crippen LogP contribution is -2.26. The van der Waals surface area contributed by atoms with Crippen molar-refractivity contribution in [3.8, 4) is 22.3 Å². The summed E-state index contributed by atoms with van der Waals surface area (Å²) >= 11 is 0. The zero-order valence-corrected chi connectivity index (χ0v) is 34.6. The van der Waals surface area contributed by atoms with Gasteiger partial charge in [0.25, 0.3) is 0 Å². The van der Waals surface area contributed by atoms with Crippen molar-refractivity contribution < 1.29 is 0 Å². The molecule has 2 aliphatic carbocycles. The molecule has 0 bridgehead atoms. The predicted molar refractivity (Wildman–Crippen MR) is 222 cm³/mol. The van der Waals surface area contributed by atoms with Crippen LogP contribution in [0, 0.1) is 0 Å². The summed E-state index contributed by atoms with van der Waals surface area (Å²) in [6.07, 6.45) is 14.4. The molecule has 1 heteroatoms. The molecule has 0 unspecified atom stereocenters. The monoisotopic (exact) mass is 679 g/mol. The van der Waals surface area contributed by atoms with Gasteiger partial charge in [-0.3, -0.25) is 0 Å². The minimum absolute atomic E-state index is 0.238. The third-order valence-electron chi connectivity index (χ3n) is 12.0. The third kappa shape index (κ3) is 8.60. The van der Waals surface area contributed by atoms with Crippen LogP contribution < -0.4 is 5.30 Å². The minimum atomic E-state index is -0.238. The first-order chi connectivity index (χ1) is 23.3. The fourth-order valence-electron chi connectivity index (χ4n) is 9.07. The topological polar surface area (TPSA) is 0 Å². The van der Waals surface area contributed by atoms with Crippen molar-refractivity contribution >= 4 is 13.2 Å². The van der Waals surface area contributed by atoms with Gasteiger partial charge in [0.05, 0.1) is 0 Å². The van der Waals surface area contributed by atoms with Crippen molar-refractivity contribution in [3.05, 3.63) is 75.8 Å². The third-order valence-corrected chi connectivity index (χ3v) is 15.5. The number of hydrogen-bond acceptors (Lipinski definition) is 0. The Kier molecular flexibility index (Phi) is 13.0. The van der Waals surface area contributed by atoms with Crippen molar-refractivity contribution in [2.45, 2.75) is 194 Å². The largest absolute Gasteiger partial charge is 0.0689 e. The van der Waals surface area contributed by atoms with Crippen LogP contribution in [0.5, 0.6) is 0 Å². The molecule has 0 N–H and O–H groups in total. The zero-order valence-electron chi connectivity index (χ0n) is 33.7.